The summed E-state index contributed by atoms with van der Waals surface area (Å²) in [7, 11) is -3.67. The topological polar surface area (TPSA) is 18.5 Å². The fraction of sp³-hybridized carbons (Fsp3) is 1.00. The van der Waals surface area contributed by atoms with Gasteiger partial charge in [0, 0.05) is 0 Å². The SMILES string of the molecule is C1COCO1.FB(F)F. The van der Waals surface area contributed by atoms with Crippen LogP contribution in [0.25, 0.3) is 0 Å². The summed E-state index contributed by atoms with van der Waals surface area (Å²) in [5.41, 5.74) is 0. The maximum atomic E-state index is 9.67. The van der Waals surface area contributed by atoms with E-state index in [1.165, 1.54) is 0 Å². The van der Waals surface area contributed by atoms with E-state index in [1.54, 1.807) is 0 Å². The van der Waals surface area contributed by atoms with Gasteiger partial charge >= 0.3 is 7.54 Å². The molecule has 0 unspecified atom stereocenters. The molecule has 1 saturated heterocycles. The first kappa shape index (κ1) is 8.77. The summed E-state index contributed by atoms with van der Waals surface area (Å²) in [5.74, 6) is 0. The lowest BCUT2D eigenvalue weighted by Gasteiger charge is -1.76. The summed E-state index contributed by atoms with van der Waals surface area (Å²) in [4.78, 5) is 0. The van der Waals surface area contributed by atoms with Crippen molar-refractivity contribution in [2.75, 3.05) is 20.0 Å². The third-order valence-corrected chi connectivity index (χ3v) is 0.539. The summed E-state index contributed by atoms with van der Waals surface area (Å²) >= 11 is 0. The molecule has 0 bridgehead atoms. The predicted octanol–water partition coefficient (Wildman–Crippen LogP) is 0.871. The van der Waals surface area contributed by atoms with Crippen LogP contribution in [-0.2, 0) is 9.47 Å². The van der Waals surface area contributed by atoms with Crippen molar-refractivity contribution in [1.82, 2.24) is 0 Å². The molecule has 2 nitrogen and oxygen atoms in total. The Morgan fingerprint density at radius 2 is 1.33 bits per heavy atom. The van der Waals surface area contributed by atoms with Gasteiger partial charge in [-0.2, -0.15) is 0 Å². The summed E-state index contributed by atoms with van der Waals surface area (Å²) < 4.78 is 38.4. The zero-order chi connectivity index (χ0) is 7.11. The van der Waals surface area contributed by atoms with Crippen LogP contribution in [-0.4, -0.2) is 27.6 Å². The zero-order valence-electron chi connectivity index (χ0n) is 4.65. The first-order valence-corrected chi connectivity index (χ1v) is 2.31. The van der Waals surface area contributed by atoms with Crippen LogP contribution in [0.3, 0.4) is 0 Å². The van der Waals surface area contributed by atoms with Crippen LogP contribution in [0.2, 0.25) is 0 Å². The predicted molar refractivity (Wildman–Crippen MR) is 25.8 cm³/mol. The van der Waals surface area contributed by atoms with Crippen molar-refractivity contribution in [3.63, 3.8) is 0 Å². The standard InChI is InChI=1S/C3H6O2.BF3/c1-2-5-3-4-1;2-1(3)4/h1-3H2;. The molecule has 0 aromatic heterocycles. The second-order valence-corrected chi connectivity index (χ2v) is 1.18. The zero-order valence-corrected chi connectivity index (χ0v) is 4.65. The molecule has 0 N–H and O–H groups in total. The Kier molecular flexibility index (Phi) is 5.76. The van der Waals surface area contributed by atoms with Crippen molar-refractivity contribution in [3.05, 3.63) is 0 Å². The monoisotopic (exact) mass is 142 g/mol. The molecule has 1 aliphatic rings. The van der Waals surface area contributed by atoms with E-state index in [4.69, 9.17) is 9.47 Å². The first-order chi connectivity index (χ1) is 4.23. The van der Waals surface area contributed by atoms with Gasteiger partial charge in [0.1, 0.15) is 6.79 Å². The molecule has 1 aliphatic heterocycles. The summed E-state index contributed by atoms with van der Waals surface area (Å²) in [6.07, 6.45) is 0. The van der Waals surface area contributed by atoms with Gasteiger partial charge in [-0.05, 0) is 0 Å². The fourth-order valence-electron chi connectivity index (χ4n) is 0.295. The van der Waals surface area contributed by atoms with Crippen LogP contribution >= 0.6 is 0 Å². The van der Waals surface area contributed by atoms with Gasteiger partial charge in [-0.15, -0.1) is 0 Å². The molecule has 0 atom stereocenters. The molecule has 0 amide bonds. The van der Waals surface area contributed by atoms with E-state index >= 15 is 0 Å². The van der Waals surface area contributed by atoms with Gasteiger partial charge in [-0.25, -0.2) is 0 Å². The molecule has 6 heteroatoms. The minimum atomic E-state index is -3.67. The molecule has 0 aliphatic carbocycles. The highest BCUT2D eigenvalue weighted by molar-refractivity contribution is 6.33. The maximum absolute atomic E-state index is 9.67. The summed E-state index contributed by atoms with van der Waals surface area (Å²) in [5, 5.41) is 0. The van der Waals surface area contributed by atoms with Crippen LogP contribution in [0.5, 0.6) is 0 Å². The molecule has 0 spiro atoms. The minimum Gasteiger partial charge on any atom is -0.353 e. The molecular formula is C3H6BF3O2. The maximum Gasteiger partial charge on any atom is 0.762 e. The molecular weight excluding hydrogens is 136 g/mol. The van der Waals surface area contributed by atoms with Crippen molar-refractivity contribution in [2.24, 2.45) is 0 Å². The van der Waals surface area contributed by atoms with Gasteiger partial charge in [0.15, 0.2) is 0 Å². The van der Waals surface area contributed by atoms with Gasteiger partial charge in [0.25, 0.3) is 0 Å². The van der Waals surface area contributed by atoms with E-state index in [1.807, 2.05) is 0 Å². The van der Waals surface area contributed by atoms with Crippen LogP contribution < -0.4 is 0 Å². The fourth-order valence-corrected chi connectivity index (χ4v) is 0.295. The molecule has 0 saturated carbocycles. The van der Waals surface area contributed by atoms with Crippen molar-refractivity contribution >= 4 is 7.54 Å². The van der Waals surface area contributed by atoms with Gasteiger partial charge < -0.3 is 9.47 Å². The Morgan fingerprint density at radius 1 is 1.00 bits per heavy atom. The Morgan fingerprint density at radius 3 is 1.44 bits per heavy atom. The Labute approximate surface area is 51.2 Å². The second-order valence-electron chi connectivity index (χ2n) is 1.18. The molecule has 9 heavy (non-hydrogen) atoms. The number of hydrogen-bond donors (Lipinski definition) is 0. The third-order valence-electron chi connectivity index (χ3n) is 0.539. The Hall–Kier alpha value is -0.225. The van der Waals surface area contributed by atoms with Crippen LogP contribution in [0.4, 0.5) is 12.9 Å². The van der Waals surface area contributed by atoms with E-state index in [9.17, 15) is 12.9 Å². The third kappa shape index (κ3) is 11.4. The van der Waals surface area contributed by atoms with E-state index in [0.29, 0.717) is 6.79 Å². The smallest absolute Gasteiger partial charge is 0.353 e. The Balaban J connectivity index is 0.000000148. The van der Waals surface area contributed by atoms with Crippen LogP contribution in [0, 0.1) is 0 Å². The Bertz CT molecular complexity index is 48.7. The van der Waals surface area contributed by atoms with E-state index in [0.717, 1.165) is 13.2 Å². The minimum absolute atomic E-state index is 0.500. The van der Waals surface area contributed by atoms with Gasteiger partial charge in [0.2, 0.25) is 0 Å². The molecule has 1 fully saturated rings. The van der Waals surface area contributed by atoms with Crippen molar-refractivity contribution in [1.29, 1.82) is 0 Å². The van der Waals surface area contributed by atoms with E-state index < -0.39 is 7.54 Å². The molecule has 1 rings (SSSR count). The lowest BCUT2D eigenvalue weighted by Crippen LogP contribution is -1.79. The number of halogens is 3. The summed E-state index contributed by atoms with van der Waals surface area (Å²) in [6.45, 7) is 2.06. The van der Waals surface area contributed by atoms with Crippen molar-refractivity contribution < 1.29 is 22.4 Å². The molecule has 0 aromatic rings. The number of hydrogen-bond acceptors (Lipinski definition) is 2. The molecule has 1 heterocycles. The number of ether oxygens (including phenoxy) is 2. The quantitative estimate of drug-likeness (QED) is 0.467. The highest BCUT2D eigenvalue weighted by Gasteiger charge is 2.06. The van der Waals surface area contributed by atoms with Crippen LogP contribution in [0.15, 0.2) is 0 Å². The average Bonchev–Trinajstić information content (AvgIpc) is 2.11. The van der Waals surface area contributed by atoms with Crippen molar-refractivity contribution in [3.8, 4) is 0 Å². The molecule has 0 radical (unpaired) electrons. The largest absolute Gasteiger partial charge is 0.762 e. The first-order valence-electron chi connectivity index (χ1n) is 2.31. The lowest BCUT2D eigenvalue weighted by molar-refractivity contribution is 0.0692. The van der Waals surface area contributed by atoms with E-state index in [-0.39, 0.29) is 0 Å². The average molecular weight is 142 g/mol. The summed E-state index contributed by atoms with van der Waals surface area (Å²) in [6, 6.07) is 0. The van der Waals surface area contributed by atoms with E-state index in [2.05, 4.69) is 0 Å². The molecule has 54 valence electrons. The molecule has 0 aromatic carbocycles. The van der Waals surface area contributed by atoms with Crippen LogP contribution in [0.1, 0.15) is 0 Å². The second kappa shape index (κ2) is 5.90. The van der Waals surface area contributed by atoms with Gasteiger partial charge in [0.05, 0.1) is 13.2 Å². The number of rotatable bonds is 0. The lowest BCUT2D eigenvalue weighted by atomic mass is 10.5. The van der Waals surface area contributed by atoms with Gasteiger partial charge in [-0.3, -0.25) is 12.9 Å². The highest BCUT2D eigenvalue weighted by Crippen LogP contribution is 1.85. The van der Waals surface area contributed by atoms with Gasteiger partial charge in [-0.1, -0.05) is 0 Å². The highest BCUT2D eigenvalue weighted by atomic mass is 19.4. The normalized spacial score (nSPS) is 16.3. The van der Waals surface area contributed by atoms with Crippen molar-refractivity contribution in [2.45, 2.75) is 0 Å².